The number of carbonyl (C=O) groups is 1. The fourth-order valence-electron chi connectivity index (χ4n) is 3.64. The summed E-state index contributed by atoms with van der Waals surface area (Å²) in [6.07, 6.45) is 2.63. The maximum atomic E-state index is 11.5. The predicted molar refractivity (Wildman–Crippen MR) is 103 cm³/mol. The third kappa shape index (κ3) is 3.96. The Bertz CT molecular complexity index is 750. The first kappa shape index (κ1) is 18.2. The molecule has 1 aliphatic heterocycles. The predicted octanol–water partition coefficient (Wildman–Crippen LogP) is 5.05. The Morgan fingerprint density at radius 3 is 2.80 bits per heavy atom. The SMILES string of the molecule is Cc1ccccc1C(CCC(C)(C)C(=O)O)N1CCc2sccc2C1. The highest BCUT2D eigenvalue weighted by atomic mass is 32.1. The number of benzene rings is 1. The van der Waals surface area contributed by atoms with E-state index in [9.17, 15) is 9.90 Å². The Labute approximate surface area is 154 Å². The van der Waals surface area contributed by atoms with Crippen molar-refractivity contribution in [1.29, 1.82) is 0 Å². The molecule has 1 unspecified atom stereocenters. The number of thiophene rings is 1. The molecule has 0 fully saturated rings. The number of carboxylic acid groups (broad SMARTS) is 1. The summed E-state index contributed by atoms with van der Waals surface area (Å²) >= 11 is 1.86. The molecule has 0 saturated heterocycles. The lowest BCUT2D eigenvalue weighted by atomic mass is 9.83. The molecule has 134 valence electrons. The highest BCUT2D eigenvalue weighted by Crippen LogP contribution is 2.37. The number of rotatable bonds is 6. The van der Waals surface area contributed by atoms with Gasteiger partial charge in [0.25, 0.3) is 0 Å². The first-order valence-electron chi connectivity index (χ1n) is 8.97. The van der Waals surface area contributed by atoms with Crippen LogP contribution in [0.2, 0.25) is 0 Å². The molecule has 25 heavy (non-hydrogen) atoms. The average molecular weight is 358 g/mol. The van der Waals surface area contributed by atoms with Gasteiger partial charge in [0, 0.05) is 24.0 Å². The van der Waals surface area contributed by atoms with Crippen molar-refractivity contribution in [3.8, 4) is 0 Å². The van der Waals surface area contributed by atoms with Gasteiger partial charge in [-0.2, -0.15) is 0 Å². The smallest absolute Gasteiger partial charge is 0.309 e. The van der Waals surface area contributed by atoms with Gasteiger partial charge in [-0.1, -0.05) is 24.3 Å². The zero-order chi connectivity index (χ0) is 18.0. The molecule has 1 aromatic heterocycles. The summed E-state index contributed by atoms with van der Waals surface area (Å²) in [5, 5.41) is 11.7. The highest BCUT2D eigenvalue weighted by molar-refractivity contribution is 7.10. The van der Waals surface area contributed by atoms with E-state index in [1.165, 1.54) is 21.6 Å². The van der Waals surface area contributed by atoms with Gasteiger partial charge in [-0.05, 0) is 68.2 Å². The zero-order valence-corrected chi connectivity index (χ0v) is 16.1. The van der Waals surface area contributed by atoms with Crippen LogP contribution in [0.1, 0.15) is 54.3 Å². The maximum absolute atomic E-state index is 11.5. The summed E-state index contributed by atoms with van der Waals surface area (Å²) in [5.41, 5.74) is 3.37. The second kappa shape index (κ2) is 7.30. The van der Waals surface area contributed by atoms with E-state index >= 15 is 0 Å². The van der Waals surface area contributed by atoms with Crippen LogP contribution >= 0.6 is 11.3 Å². The number of aliphatic carboxylic acids is 1. The number of aryl methyl sites for hydroxylation is 1. The van der Waals surface area contributed by atoms with Gasteiger partial charge in [0.15, 0.2) is 0 Å². The van der Waals surface area contributed by atoms with Crippen LogP contribution in [0.3, 0.4) is 0 Å². The van der Waals surface area contributed by atoms with E-state index in [0.717, 1.165) is 25.9 Å². The summed E-state index contributed by atoms with van der Waals surface area (Å²) in [4.78, 5) is 15.6. The van der Waals surface area contributed by atoms with Crippen molar-refractivity contribution in [2.75, 3.05) is 6.54 Å². The molecule has 1 aliphatic rings. The van der Waals surface area contributed by atoms with E-state index in [0.29, 0.717) is 6.42 Å². The van der Waals surface area contributed by atoms with Crippen molar-refractivity contribution in [2.24, 2.45) is 5.41 Å². The van der Waals surface area contributed by atoms with Gasteiger partial charge in [0.1, 0.15) is 0 Å². The third-order valence-electron chi connectivity index (χ3n) is 5.45. The molecule has 0 spiro atoms. The molecule has 1 atom stereocenters. The molecular weight excluding hydrogens is 330 g/mol. The number of nitrogens with zero attached hydrogens (tertiary/aromatic N) is 1. The number of hydrogen-bond donors (Lipinski definition) is 1. The van der Waals surface area contributed by atoms with Crippen LogP contribution in [-0.2, 0) is 17.8 Å². The van der Waals surface area contributed by atoms with Gasteiger partial charge in [-0.15, -0.1) is 11.3 Å². The fourth-order valence-corrected chi connectivity index (χ4v) is 4.53. The molecule has 2 heterocycles. The molecule has 0 aliphatic carbocycles. The molecule has 3 rings (SSSR count). The molecule has 4 heteroatoms. The number of hydrogen-bond acceptors (Lipinski definition) is 3. The lowest BCUT2D eigenvalue weighted by molar-refractivity contribution is -0.147. The first-order chi connectivity index (χ1) is 11.9. The van der Waals surface area contributed by atoms with Crippen LogP contribution in [0.15, 0.2) is 35.7 Å². The fraction of sp³-hybridized carbons (Fsp3) is 0.476. The number of carboxylic acids is 1. The van der Waals surface area contributed by atoms with Crippen molar-refractivity contribution in [1.82, 2.24) is 4.90 Å². The van der Waals surface area contributed by atoms with Crippen LogP contribution in [0, 0.1) is 12.3 Å². The van der Waals surface area contributed by atoms with Crippen LogP contribution in [0.5, 0.6) is 0 Å². The molecule has 0 bridgehead atoms. The Morgan fingerprint density at radius 2 is 2.08 bits per heavy atom. The van der Waals surface area contributed by atoms with Gasteiger partial charge in [0.2, 0.25) is 0 Å². The molecule has 0 amide bonds. The van der Waals surface area contributed by atoms with Crippen molar-refractivity contribution >= 4 is 17.3 Å². The molecule has 3 nitrogen and oxygen atoms in total. The first-order valence-corrected chi connectivity index (χ1v) is 9.84. The van der Waals surface area contributed by atoms with E-state index in [-0.39, 0.29) is 6.04 Å². The van der Waals surface area contributed by atoms with Gasteiger partial charge in [-0.3, -0.25) is 9.69 Å². The standard InChI is InChI=1S/C21H27NO2S/c1-15-6-4-5-7-17(15)18(8-11-21(2,3)20(23)24)22-12-9-19-16(14-22)10-13-25-19/h4-7,10,13,18H,8-9,11-12,14H2,1-3H3,(H,23,24). The van der Waals surface area contributed by atoms with E-state index in [1.54, 1.807) is 0 Å². The minimum absolute atomic E-state index is 0.271. The third-order valence-corrected chi connectivity index (χ3v) is 6.47. The maximum Gasteiger partial charge on any atom is 0.309 e. The van der Waals surface area contributed by atoms with Crippen molar-refractivity contribution in [3.63, 3.8) is 0 Å². The van der Waals surface area contributed by atoms with E-state index in [2.05, 4.69) is 47.5 Å². The highest BCUT2D eigenvalue weighted by Gasteiger charge is 2.31. The van der Waals surface area contributed by atoms with Crippen molar-refractivity contribution < 1.29 is 9.90 Å². The summed E-state index contributed by atoms with van der Waals surface area (Å²) in [6, 6.07) is 11.0. The topological polar surface area (TPSA) is 40.5 Å². The molecule has 0 saturated carbocycles. The summed E-state index contributed by atoms with van der Waals surface area (Å²) in [5.74, 6) is -0.713. The Kier molecular flexibility index (Phi) is 5.30. The summed E-state index contributed by atoms with van der Waals surface area (Å²) in [7, 11) is 0. The molecule has 1 aromatic carbocycles. The van der Waals surface area contributed by atoms with Gasteiger partial charge < -0.3 is 5.11 Å². The molecule has 0 radical (unpaired) electrons. The molecule has 2 aromatic rings. The largest absolute Gasteiger partial charge is 0.481 e. The minimum atomic E-state index is -0.713. The Hall–Kier alpha value is -1.65. The normalized spacial score (nSPS) is 16.4. The van der Waals surface area contributed by atoms with Crippen LogP contribution < -0.4 is 0 Å². The van der Waals surface area contributed by atoms with Crippen LogP contribution in [-0.4, -0.2) is 22.5 Å². The zero-order valence-electron chi connectivity index (χ0n) is 15.3. The lowest BCUT2D eigenvalue weighted by Gasteiger charge is -2.37. The van der Waals surface area contributed by atoms with Crippen molar-refractivity contribution in [2.45, 2.75) is 52.6 Å². The second-order valence-electron chi connectivity index (χ2n) is 7.69. The quantitative estimate of drug-likeness (QED) is 0.787. The average Bonchev–Trinajstić information content (AvgIpc) is 3.04. The van der Waals surface area contributed by atoms with Gasteiger partial charge in [0.05, 0.1) is 5.41 Å². The van der Waals surface area contributed by atoms with Crippen LogP contribution in [0.4, 0.5) is 0 Å². The summed E-state index contributed by atoms with van der Waals surface area (Å²) < 4.78 is 0. The second-order valence-corrected chi connectivity index (χ2v) is 8.69. The van der Waals surface area contributed by atoms with Gasteiger partial charge in [-0.25, -0.2) is 0 Å². The van der Waals surface area contributed by atoms with Crippen molar-refractivity contribution in [3.05, 3.63) is 57.3 Å². The molecular formula is C21H27NO2S. The van der Waals surface area contributed by atoms with E-state index in [4.69, 9.17) is 0 Å². The summed E-state index contributed by atoms with van der Waals surface area (Å²) in [6.45, 7) is 7.82. The number of fused-ring (bicyclic) bond motifs is 1. The van der Waals surface area contributed by atoms with Gasteiger partial charge >= 0.3 is 5.97 Å². The van der Waals surface area contributed by atoms with Crippen LogP contribution in [0.25, 0.3) is 0 Å². The minimum Gasteiger partial charge on any atom is -0.481 e. The molecule has 1 N–H and O–H groups in total. The Morgan fingerprint density at radius 1 is 1.32 bits per heavy atom. The van der Waals surface area contributed by atoms with E-state index in [1.807, 2.05) is 25.2 Å². The lowest BCUT2D eigenvalue weighted by Crippen LogP contribution is -2.35. The monoisotopic (exact) mass is 357 g/mol. The van der Waals surface area contributed by atoms with E-state index < -0.39 is 11.4 Å². The Balaban J connectivity index is 1.85.